The van der Waals surface area contributed by atoms with E-state index in [4.69, 9.17) is 16.0 Å². The van der Waals surface area contributed by atoms with Gasteiger partial charge in [-0.3, -0.25) is 0 Å². The summed E-state index contributed by atoms with van der Waals surface area (Å²) in [4.78, 5) is 0. The van der Waals surface area contributed by atoms with Crippen molar-refractivity contribution >= 4 is 0 Å². The average Bonchev–Trinajstić information content (AvgIpc) is 0.722. The fourth-order valence-electron chi connectivity index (χ4n) is 0. The molecule has 0 saturated carbocycles. The van der Waals surface area contributed by atoms with Crippen molar-refractivity contribution in [2.24, 2.45) is 0 Å². The van der Waals surface area contributed by atoms with Crippen LogP contribution in [0.3, 0.4) is 0 Å². The van der Waals surface area contributed by atoms with Gasteiger partial charge in [0.2, 0.25) is 0 Å². The molecule has 4 nitrogen and oxygen atoms in total. The third-order valence-corrected chi connectivity index (χ3v) is 0. The number of hydrogen-bond donors (Lipinski definition) is 0. The van der Waals surface area contributed by atoms with Crippen molar-refractivity contribution in [1.82, 2.24) is 0 Å². The molecule has 0 fully saturated rings. The summed E-state index contributed by atoms with van der Waals surface area (Å²) in [7, 11) is 0. The van der Waals surface area contributed by atoms with Crippen LogP contribution in [-0.2, 0) is 54.0 Å². The Morgan fingerprint density at radius 2 is 1.00 bits per heavy atom. The molecule has 0 amide bonds. The van der Waals surface area contributed by atoms with Gasteiger partial charge >= 0.3 is 81.3 Å². The summed E-state index contributed by atoms with van der Waals surface area (Å²) in [6.45, 7) is 0. The molecule has 0 spiro atoms. The zero-order valence-electron chi connectivity index (χ0n) is 3.64. The Morgan fingerprint density at radius 1 is 1.00 bits per heavy atom. The Kier molecular flexibility index (Phi) is 24.4. The molecule has 0 aromatic heterocycles. The summed E-state index contributed by atoms with van der Waals surface area (Å²) in [5.41, 5.74) is 0. The fourth-order valence-corrected chi connectivity index (χ4v) is 0. The van der Waals surface area contributed by atoms with Gasteiger partial charge in [0.25, 0.3) is 0 Å². The second-order valence-corrected chi connectivity index (χ2v) is 1.56. The minimum absolute atomic E-state index is 0. The van der Waals surface area contributed by atoms with E-state index in [1.807, 2.05) is 0 Å². The molecule has 0 bridgehead atoms. The van der Waals surface area contributed by atoms with E-state index in [9.17, 15) is 0 Å². The molecular weight excluding hydrogens is 243 g/mol. The molecule has 0 heterocycles. The van der Waals surface area contributed by atoms with Crippen molar-refractivity contribution in [3.63, 3.8) is 0 Å². The fraction of sp³-hybridized carbons (Fsp3) is 0. The normalized spacial score (nSPS) is 7.25. The Hall–Kier alpha value is 1.62. The first-order valence-electron chi connectivity index (χ1n) is 0.617. The van der Waals surface area contributed by atoms with Crippen LogP contribution in [0.25, 0.3) is 0 Å². The zero-order valence-corrected chi connectivity index (χ0v) is 6.80. The van der Waals surface area contributed by atoms with Crippen molar-refractivity contribution in [1.29, 1.82) is 0 Å². The van der Waals surface area contributed by atoms with Gasteiger partial charge in [-0.25, -0.2) is 0 Å². The van der Waals surface area contributed by atoms with Gasteiger partial charge in [0, 0.05) is 0 Å². The van der Waals surface area contributed by atoms with Gasteiger partial charge in [-0.2, -0.15) is 0 Å². The predicted octanol–water partition coefficient (Wildman–Crippen LogP) is -5.62. The number of rotatable bonds is 0. The molecule has 0 aromatic carbocycles. The van der Waals surface area contributed by atoms with Crippen LogP contribution < -0.4 is 27.2 Å². The first-order valence-corrected chi connectivity index (χ1v) is 2.54. The molecule has 0 radical (unpaired) electrons. The van der Waals surface area contributed by atoms with Gasteiger partial charge in [0.15, 0.2) is 0 Å². The molecule has 0 rings (SSSR count). The topological polar surface area (TPSA) is 80.3 Å². The van der Waals surface area contributed by atoms with E-state index >= 15 is 0 Å². The van der Waals surface area contributed by atoms with Gasteiger partial charge in [-0.15, -0.1) is 0 Å². The van der Waals surface area contributed by atoms with Crippen LogP contribution in [0.5, 0.6) is 0 Å². The van der Waals surface area contributed by atoms with Gasteiger partial charge in [0.1, 0.15) is 0 Å². The van der Waals surface area contributed by atoms with Crippen molar-refractivity contribution in [2.75, 3.05) is 0 Å². The first kappa shape index (κ1) is 22.6. The van der Waals surface area contributed by atoms with Gasteiger partial charge in [0.05, 0.1) is 0 Å². The second-order valence-electron chi connectivity index (χ2n) is 0.378. The summed E-state index contributed by atoms with van der Waals surface area (Å²) in [5, 5.41) is 0. The van der Waals surface area contributed by atoms with E-state index in [0.29, 0.717) is 0 Å². The maximum atomic E-state index is 8.58. The molecule has 49 valence electrons. The van der Waals surface area contributed by atoms with Crippen LogP contribution in [0.15, 0.2) is 0 Å². The summed E-state index contributed by atoms with van der Waals surface area (Å²) in [5.74, 6) is 0. The van der Waals surface area contributed by atoms with E-state index in [2.05, 4.69) is 0 Å². The SMILES string of the molecule is [Li+].[Ni+2].[Ni+2].[O]=[Mn](=[O])([O-])[O-]. The van der Waals surface area contributed by atoms with E-state index in [-0.39, 0.29) is 51.8 Å². The van der Waals surface area contributed by atoms with Crippen LogP contribution in [0.4, 0.5) is 0 Å². The monoisotopic (exact) mass is 242 g/mol. The van der Waals surface area contributed by atoms with Crippen molar-refractivity contribution < 1.29 is 81.3 Å². The van der Waals surface area contributed by atoms with Crippen LogP contribution >= 0.6 is 0 Å². The first-order chi connectivity index (χ1) is 2.00. The molecule has 8 heteroatoms. The van der Waals surface area contributed by atoms with Gasteiger partial charge < -0.3 is 0 Å². The van der Waals surface area contributed by atoms with Crippen LogP contribution in [-0.4, -0.2) is 0 Å². The standard InChI is InChI=1S/Li.Mn.2Ni.4O/q+1;;2*+2;;;2*-1. The van der Waals surface area contributed by atoms with E-state index < -0.39 is 13.4 Å². The van der Waals surface area contributed by atoms with E-state index in [0.717, 1.165) is 0 Å². The van der Waals surface area contributed by atoms with E-state index in [1.54, 1.807) is 0 Å². The minimum atomic E-state index is -5.62. The molecule has 0 aliphatic heterocycles. The predicted molar refractivity (Wildman–Crippen MR) is 1.37 cm³/mol. The van der Waals surface area contributed by atoms with Crippen molar-refractivity contribution in [2.45, 2.75) is 0 Å². The van der Waals surface area contributed by atoms with Crippen molar-refractivity contribution in [3.05, 3.63) is 0 Å². The third-order valence-electron chi connectivity index (χ3n) is 0. The van der Waals surface area contributed by atoms with Crippen LogP contribution in [0.2, 0.25) is 0 Å². The zero-order chi connectivity index (χ0) is 4.50. The molecule has 0 unspecified atom stereocenters. The Balaban J connectivity index is -0.0000000267. The van der Waals surface area contributed by atoms with Crippen LogP contribution in [0, 0.1) is 0 Å². The Labute approximate surface area is 80.7 Å². The molecular formula is LiMnNi2O4+3. The maximum absolute atomic E-state index is 8.58. The Bertz CT molecular complexity index is 97.2. The Morgan fingerprint density at radius 3 is 1.00 bits per heavy atom. The molecule has 0 aliphatic rings. The average molecular weight is 243 g/mol. The van der Waals surface area contributed by atoms with Gasteiger partial charge in [-0.05, 0) is 0 Å². The summed E-state index contributed by atoms with van der Waals surface area (Å²) in [6, 6.07) is 0. The van der Waals surface area contributed by atoms with Gasteiger partial charge in [-0.1, -0.05) is 0 Å². The van der Waals surface area contributed by atoms with Crippen LogP contribution in [0.1, 0.15) is 0 Å². The molecule has 0 aliphatic carbocycles. The molecule has 0 N–H and O–H groups in total. The molecule has 0 atom stereocenters. The summed E-state index contributed by atoms with van der Waals surface area (Å²) < 4.78 is 34.3. The van der Waals surface area contributed by atoms with E-state index in [1.165, 1.54) is 0 Å². The molecule has 0 aromatic rings. The molecule has 0 saturated heterocycles. The third kappa shape index (κ3) is 127. The molecule has 8 heavy (non-hydrogen) atoms. The quantitative estimate of drug-likeness (QED) is 0.397. The summed E-state index contributed by atoms with van der Waals surface area (Å²) in [6.07, 6.45) is 0. The second kappa shape index (κ2) is 8.62. The summed E-state index contributed by atoms with van der Waals surface area (Å²) >= 11 is -5.62. The number of hydrogen-bond acceptors (Lipinski definition) is 4. The van der Waals surface area contributed by atoms with Crippen molar-refractivity contribution in [3.8, 4) is 0 Å².